The van der Waals surface area contributed by atoms with Gasteiger partial charge in [-0.1, -0.05) is 30.3 Å². The number of hydrogen-bond acceptors (Lipinski definition) is 8. The molecule has 144 valence electrons. The topological polar surface area (TPSA) is 119 Å². The highest BCUT2D eigenvalue weighted by atomic mass is 32.2. The fourth-order valence-corrected chi connectivity index (χ4v) is 4.34. The van der Waals surface area contributed by atoms with E-state index in [9.17, 15) is 19.5 Å². The number of fused-ring (bicyclic) bond motifs is 1. The van der Waals surface area contributed by atoms with E-state index in [1.165, 1.54) is 23.6 Å². The van der Waals surface area contributed by atoms with E-state index in [0.29, 0.717) is 11.3 Å². The second-order valence-electron chi connectivity index (χ2n) is 6.33. The van der Waals surface area contributed by atoms with Gasteiger partial charge in [0.15, 0.2) is 0 Å². The number of hydrogen-bond donors (Lipinski definition) is 2. The van der Waals surface area contributed by atoms with Crippen LogP contribution in [0.25, 0.3) is 0 Å². The molecule has 0 bridgehead atoms. The van der Waals surface area contributed by atoms with Crippen LogP contribution in [-0.4, -0.2) is 57.7 Å². The Balaban J connectivity index is 1.83. The number of aliphatic hydroxyl groups is 1. The average molecular weight is 392 g/mol. The normalized spacial score (nSPS) is 24.2. The third kappa shape index (κ3) is 3.58. The lowest BCUT2D eigenvalue weighted by atomic mass is 9.88. The third-order valence-electron chi connectivity index (χ3n) is 4.40. The van der Waals surface area contributed by atoms with E-state index in [-0.39, 0.29) is 18.9 Å². The molecular weight excluding hydrogens is 372 g/mol. The Labute approximate surface area is 160 Å². The maximum Gasteiger partial charge on any atom is 0.355 e. The van der Waals surface area contributed by atoms with Crippen LogP contribution >= 0.6 is 11.8 Å². The van der Waals surface area contributed by atoms with E-state index in [1.54, 1.807) is 0 Å². The summed E-state index contributed by atoms with van der Waals surface area (Å²) in [4.78, 5) is 37.6. The summed E-state index contributed by atoms with van der Waals surface area (Å²) in [5.41, 5.74) is 5.85. The molecule has 0 saturated carbocycles. The van der Waals surface area contributed by atoms with Gasteiger partial charge < -0.3 is 20.3 Å². The molecule has 2 atom stereocenters. The van der Waals surface area contributed by atoms with E-state index < -0.39 is 35.4 Å². The van der Waals surface area contributed by atoms with Gasteiger partial charge in [0, 0.05) is 18.2 Å². The molecular formula is C18H20N2O6S. The van der Waals surface area contributed by atoms with Gasteiger partial charge in [0.2, 0.25) is 0 Å². The standard InChI is InChI=1S/C18H20N2O6S/c1-11(22)25-8-13-9-27-17-18(19,10-21)16(24)20(17)14(13)15(23)26-7-12-5-3-2-4-6-12/h2-6,17,21H,7-10,19H2,1H3/t17-,18-/m1/s1. The van der Waals surface area contributed by atoms with E-state index >= 15 is 0 Å². The maximum absolute atomic E-state index is 12.7. The molecule has 1 saturated heterocycles. The monoisotopic (exact) mass is 392 g/mol. The van der Waals surface area contributed by atoms with Crippen molar-refractivity contribution < 1.29 is 29.0 Å². The number of amides is 1. The first-order chi connectivity index (χ1) is 12.9. The third-order valence-corrected chi connectivity index (χ3v) is 5.86. The van der Waals surface area contributed by atoms with Gasteiger partial charge in [-0.3, -0.25) is 14.5 Å². The van der Waals surface area contributed by atoms with E-state index in [1.807, 2.05) is 30.3 Å². The zero-order valence-corrected chi connectivity index (χ0v) is 15.5. The highest BCUT2D eigenvalue weighted by Crippen LogP contribution is 2.45. The van der Waals surface area contributed by atoms with Gasteiger partial charge in [-0.2, -0.15) is 0 Å². The Morgan fingerprint density at radius 3 is 2.63 bits per heavy atom. The summed E-state index contributed by atoms with van der Waals surface area (Å²) < 4.78 is 10.4. The average Bonchev–Trinajstić information content (AvgIpc) is 2.69. The smallest absolute Gasteiger partial charge is 0.355 e. The fraction of sp³-hybridized carbons (Fsp3) is 0.389. The number of thioether (sulfide) groups is 1. The Kier molecular flexibility index (Phi) is 5.54. The summed E-state index contributed by atoms with van der Waals surface area (Å²) in [5.74, 6) is -1.42. The Bertz CT molecular complexity index is 796. The van der Waals surface area contributed by atoms with Crippen molar-refractivity contribution in [3.8, 4) is 0 Å². The molecule has 0 aromatic heterocycles. The molecule has 0 aliphatic carbocycles. The van der Waals surface area contributed by atoms with Crippen LogP contribution in [0.1, 0.15) is 12.5 Å². The van der Waals surface area contributed by atoms with Gasteiger partial charge in [-0.15, -0.1) is 11.8 Å². The molecule has 9 heteroatoms. The number of carbonyl (C=O) groups excluding carboxylic acids is 3. The number of benzene rings is 1. The van der Waals surface area contributed by atoms with Crippen LogP contribution in [0, 0.1) is 0 Å². The molecule has 0 unspecified atom stereocenters. The first-order valence-electron chi connectivity index (χ1n) is 8.30. The fourth-order valence-electron chi connectivity index (χ4n) is 2.94. The molecule has 2 aliphatic rings. The number of esters is 2. The van der Waals surface area contributed by atoms with Crippen molar-refractivity contribution in [2.75, 3.05) is 19.0 Å². The molecule has 0 radical (unpaired) electrons. The molecule has 2 aliphatic heterocycles. The molecule has 0 spiro atoms. The molecule has 8 nitrogen and oxygen atoms in total. The molecule has 27 heavy (non-hydrogen) atoms. The van der Waals surface area contributed by atoms with Crippen molar-refractivity contribution in [1.82, 2.24) is 4.90 Å². The van der Waals surface area contributed by atoms with Gasteiger partial charge in [0.05, 0.1) is 6.61 Å². The Morgan fingerprint density at radius 1 is 1.30 bits per heavy atom. The first kappa shape index (κ1) is 19.4. The summed E-state index contributed by atoms with van der Waals surface area (Å²) in [5, 5.41) is 8.91. The van der Waals surface area contributed by atoms with Gasteiger partial charge in [-0.25, -0.2) is 4.79 Å². The minimum absolute atomic E-state index is 0.0375. The van der Waals surface area contributed by atoms with Crippen LogP contribution in [0.3, 0.4) is 0 Å². The van der Waals surface area contributed by atoms with Gasteiger partial charge in [-0.05, 0) is 5.56 Å². The van der Waals surface area contributed by atoms with Crippen molar-refractivity contribution in [2.24, 2.45) is 5.73 Å². The van der Waals surface area contributed by atoms with Gasteiger partial charge in [0.1, 0.15) is 29.8 Å². The van der Waals surface area contributed by atoms with E-state index in [2.05, 4.69) is 0 Å². The number of β-lactam (4-membered cyclic amide) rings is 1. The molecule has 3 rings (SSSR count). The summed E-state index contributed by atoms with van der Waals surface area (Å²) in [7, 11) is 0. The lowest BCUT2D eigenvalue weighted by molar-refractivity contribution is -0.159. The van der Waals surface area contributed by atoms with Crippen LogP contribution in [0.5, 0.6) is 0 Å². The largest absolute Gasteiger partial charge is 0.461 e. The minimum atomic E-state index is -1.43. The Hall–Kier alpha value is -2.36. The molecule has 2 heterocycles. The second kappa shape index (κ2) is 7.71. The van der Waals surface area contributed by atoms with E-state index in [4.69, 9.17) is 15.2 Å². The lowest BCUT2D eigenvalue weighted by Crippen LogP contribution is -2.79. The summed E-state index contributed by atoms with van der Waals surface area (Å²) in [6.07, 6.45) is 0. The minimum Gasteiger partial charge on any atom is -0.461 e. The highest BCUT2D eigenvalue weighted by Gasteiger charge is 2.62. The Morgan fingerprint density at radius 2 is 2.00 bits per heavy atom. The number of rotatable bonds is 6. The molecule has 1 amide bonds. The van der Waals surface area contributed by atoms with Crippen LogP contribution in [0.4, 0.5) is 0 Å². The van der Waals surface area contributed by atoms with E-state index in [0.717, 1.165) is 5.56 Å². The highest BCUT2D eigenvalue weighted by molar-refractivity contribution is 8.00. The van der Waals surface area contributed by atoms with Crippen LogP contribution in [-0.2, 0) is 30.5 Å². The quantitative estimate of drug-likeness (QED) is 0.519. The molecule has 3 N–H and O–H groups in total. The van der Waals surface area contributed by atoms with Crippen molar-refractivity contribution in [1.29, 1.82) is 0 Å². The van der Waals surface area contributed by atoms with Crippen molar-refractivity contribution >= 4 is 29.6 Å². The van der Waals surface area contributed by atoms with Crippen LogP contribution in [0.2, 0.25) is 0 Å². The molecule has 1 aromatic rings. The lowest BCUT2D eigenvalue weighted by Gasteiger charge is -2.54. The van der Waals surface area contributed by atoms with Gasteiger partial charge in [0.25, 0.3) is 5.91 Å². The van der Waals surface area contributed by atoms with Crippen molar-refractivity contribution in [2.45, 2.75) is 24.4 Å². The molecule has 1 fully saturated rings. The summed E-state index contributed by atoms with van der Waals surface area (Å²) in [6.45, 7) is 0.659. The molecule has 1 aromatic carbocycles. The first-order valence-corrected chi connectivity index (χ1v) is 9.34. The summed E-state index contributed by atoms with van der Waals surface area (Å²) in [6, 6.07) is 9.12. The van der Waals surface area contributed by atoms with Crippen molar-refractivity contribution in [3.05, 3.63) is 47.2 Å². The second-order valence-corrected chi connectivity index (χ2v) is 7.40. The number of nitrogens with zero attached hydrogens (tertiary/aromatic N) is 1. The zero-order chi connectivity index (χ0) is 19.6. The number of carbonyl (C=O) groups is 3. The predicted octanol–water partition coefficient (Wildman–Crippen LogP) is 0.152. The number of ether oxygens (including phenoxy) is 2. The number of nitrogens with two attached hydrogens (primary N) is 1. The van der Waals surface area contributed by atoms with Crippen molar-refractivity contribution in [3.63, 3.8) is 0 Å². The van der Waals surface area contributed by atoms with Gasteiger partial charge >= 0.3 is 11.9 Å². The SMILES string of the molecule is CC(=O)OCC1=C(C(=O)OCc2ccccc2)N2C(=O)[C@](N)(CO)[C@H]2SC1. The summed E-state index contributed by atoms with van der Waals surface area (Å²) >= 11 is 1.31. The zero-order valence-electron chi connectivity index (χ0n) is 14.7. The number of aliphatic hydroxyl groups excluding tert-OH is 1. The predicted molar refractivity (Wildman–Crippen MR) is 97.0 cm³/mol. The maximum atomic E-state index is 12.7. The van der Waals surface area contributed by atoms with Crippen LogP contribution in [0.15, 0.2) is 41.6 Å². The van der Waals surface area contributed by atoms with Crippen LogP contribution < -0.4 is 5.73 Å².